The van der Waals surface area contributed by atoms with E-state index in [9.17, 15) is 0 Å². The van der Waals surface area contributed by atoms with Crippen LogP contribution in [0.25, 0.3) is 0 Å². The predicted molar refractivity (Wildman–Crippen MR) is 67.1 cm³/mol. The molecule has 1 aliphatic rings. The van der Waals surface area contributed by atoms with Crippen molar-refractivity contribution in [2.75, 3.05) is 6.54 Å². The van der Waals surface area contributed by atoms with Gasteiger partial charge in [0, 0.05) is 5.02 Å². The highest BCUT2D eigenvalue weighted by Crippen LogP contribution is 2.50. The van der Waals surface area contributed by atoms with Gasteiger partial charge >= 0.3 is 0 Å². The summed E-state index contributed by atoms with van der Waals surface area (Å²) < 4.78 is 5.79. The minimum Gasteiger partial charge on any atom is -0.491 e. The zero-order valence-electron chi connectivity index (χ0n) is 9.74. The van der Waals surface area contributed by atoms with Gasteiger partial charge in [0.25, 0.3) is 0 Å². The van der Waals surface area contributed by atoms with Gasteiger partial charge in [0.1, 0.15) is 5.75 Å². The summed E-state index contributed by atoms with van der Waals surface area (Å²) in [6, 6.07) is 5.85. The maximum Gasteiger partial charge on any atom is 0.123 e. The smallest absolute Gasteiger partial charge is 0.123 e. The molecule has 0 radical (unpaired) electrons. The second-order valence-corrected chi connectivity index (χ2v) is 5.12. The molecule has 2 unspecified atom stereocenters. The van der Waals surface area contributed by atoms with E-state index in [1.54, 1.807) is 0 Å². The molecule has 0 amide bonds. The molecule has 1 aromatic carbocycles. The quantitative estimate of drug-likeness (QED) is 0.876. The van der Waals surface area contributed by atoms with Crippen LogP contribution < -0.4 is 10.5 Å². The minimum absolute atomic E-state index is 0.190. The molecular weight excluding hydrogens is 222 g/mol. The van der Waals surface area contributed by atoms with Gasteiger partial charge in [-0.1, -0.05) is 11.6 Å². The lowest BCUT2D eigenvalue weighted by atomic mass is 10.1. The fraction of sp³-hybridized carbons (Fsp3) is 0.538. The first-order valence-corrected chi connectivity index (χ1v) is 6.15. The van der Waals surface area contributed by atoms with Crippen LogP contribution in [0.1, 0.15) is 31.7 Å². The summed E-state index contributed by atoms with van der Waals surface area (Å²) in [6.45, 7) is 4.82. The number of hydrogen-bond donors (Lipinski definition) is 1. The zero-order chi connectivity index (χ0) is 11.7. The summed E-state index contributed by atoms with van der Waals surface area (Å²) in [5.74, 6) is 2.10. The van der Waals surface area contributed by atoms with E-state index in [0.29, 0.717) is 11.8 Å². The van der Waals surface area contributed by atoms with Gasteiger partial charge in [-0.3, -0.25) is 0 Å². The number of ether oxygens (including phenoxy) is 1. The maximum atomic E-state index is 6.03. The zero-order valence-corrected chi connectivity index (χ0v) is 10.5. The largest absolute Gasteiger partial charge is 0.491 e. The fourth-order valence-corrected chi connectivity index (χ4v) is 2.24. The van der Waals surface area contributed by atoms with Gasteiger partial charge in [0.2, 0.25) is 0 Å². The molecular formula is C13H18ClNO. The Morgan fingerprint density at radius 3 is 2.81 bits per heavy atom. The van der Waals surface area contributed by atoms with E-state index in [4.69, 9.17) is 22.1 Å². The SMILES string of the molecule is CC(C)Oc1ccc(Cl)cc1C1CC1CN. The topological polar surface area (TPSA) is 35.2 Å². The van der Waals surface area contributed by atoms with Crippen molar-refractivity contribution in [1.29, 1.82) is 0 Å². The molecule has 0 spiro atoms. The van der Waals surface area contributed by atoms with Crippen LogP contribution in [-0.4, -0.2) is 12.6 Å². The molecule has 1 aliphatic carbocycles. The van der Waals surface area contributed by atoms with Crippen molar-refractivity contribution in [2.24, 2.45) is 11.7 Å². The average molecular weight is 240 g/mol. The van der Waals surface area contributed by atoms with Gasteiger partial charge in [-0.2, -0.15) is 0 Å². The molecule has 16 heavy (non-hydrogen) atoms. The molecule has 1 saturated carbocycles. The van der Waals surface area contributed by atoms with E-state index in [2.05, 4.69) is 0 Å². The molecule has 88 valence electrons. The number of hydrogen-bond acceptors (Lipinski definition) is 2. The molecule has 1 aromatic rings. The molecule has 1 fully saturated rings. The summed E-state index contributed by atoms with van der Waals surface area (Å²) >= 11 is 6.03. The lowest BCUT2D eigenvalue weighted by molar-refractivity contribution is 0.240. The standard InChI is InChI=1S/C13H18ClNO/c1-8(2)16-13-4-3-10(14)6-12(13)11-5-9(11)7-15/h3-4,6,8-9,11H,5,7,15H2,1-2H3. The Balaban J connectivity index is 2.23. The molecule has 0 bridgehead atoms. The maximum absolute atomic E-state index is 6.03. The van der Waals surface area contributed by atoms with Gasteiger partial charge in [0.15, 0.2) is 0 Å². The third-order valence-electron chi connectivity index (χ3n) is 2.96. The third-order valence-corrected chi connectivity index (χ3v) is 3.19. The van der Waals surface area contributed by atoms with Gasteiger partial charge in [-0.25, -0.2) is 0 Å². The van der Waals surface area contributed by atoms with E-state index in [-0.39, 0.29) is 6.10 Å². The Morgan fingerprint density at radius 1 is 1.50 bits per heavy atom. The van der Waals surface area contributed by atoms with E-state index in [0.717, 1.165) is 23.7 Å². The van der Waals surface area contributed by atoms with Gasteiger partial charge in [0.05, 0.1) is 6.10 Å². The number of benzene rings is 1. The van der Waals surface area contributed by atoms with Crippen LogP contribution >= 0.6 is 11.6 Å². The van der Waals surface area contributed by atoms with Crippen LogP contribution in [0.5, 0.6) is 5.75 Å². The van der Waals surface area contributed by atoms with Crippen LogP contribution in [0.4, 0.5) is 0 Å². The third kappa shape index (κ3) is 2.50. The summed E-state index contributed by atoms with van der Waals surface area (Å²) in [5.41, 5.74) is 6.90. The molecule has 2 nitrogen and oxygen atoms in total. The van der Waals surface area contributed by atoms with Gasteiger partial charge < -0.3 is 10.5 Å². The van der Waals surface area contributed by atoms with Crippen LogP contribution in [0, 0.1) is 5.92 Å². The molecule has 2 N–H and O–H groups in total. The normalized spacial score (nSPS) is 23.6. The highest BCUT2D eigenvalue weighted by molar-refractivity contribution is 6.30. The van der Waals surface area contributed by atoms with Crippen LogP contribution in [0.2, 0.25) is 5.02 Å². The molecule has 3 heteroatoms. The van der Waals surface area contributed by atoms with Crippen LogP contribution in [0.3, 0.4) is 0 Å². The van der Waals surface area contributed by atoms with E-state index in [1.165, 1.54) is 5.56 Å². The highest BCUT2D eigenvalue weighted by atomic mass is 35.5. The van der Waals surface area contributed by atoms with Gasteiger partial charge in [-0.15, -0.1) is 0 Å². The lowest BCUT2D eigenvalue weighted by Gasteiger charge is -2.14. The first-order chi connectivity index (χ1) is 7.61. The Hall–Kier alpha value is -0.730. The van der Waals surface area contributed by atoms with E-state index in [1.807, 2.05) is 32.0 Å². The average Bonchev–Trinajstić information content (AvgIpc) is 2.99. The van der Waals surface area contributed by atoms with E-state index < -0.39 is 0 Å². The summed E-state index contributed by atoms with van der Waals surface area (Å²) in [7, 11) is 0. The summed E-state index contributed by atoms with van der Waals surface area (Å²) in [6.07, 6.45) is 1.35. The molecule has 0 saturated heterocycles. The Labute approximate surface area is 102 Å². The van der Waals surface area contributed by atoms with Crippen molar-refractivity contribution in [2.45, 2.75) is 32.3 Å². The summed E-state index contributed by atoms with van der Waals surface area (Å²) in [4.78, 5) is 0. The van der Waals surface area contributed by atoms with Crippen molar-refractivity contribution in [3.8, 4) is 5.75 Å². The molecule has 0 aromatic heterocycles. The van der Waals surface area contributed by atoms with Crippen molar-refractivity contribution in [3.63, 3.8) is 0 Å². The summed E-state index contributed by atoms with van der Waals surface area (Å²) in [5, 5.41) is 0.772. The Kier molecular flexibility index (Phi) is 3.41. The molecule has 0 heterocycles. The second-order valence-electron chi connectivity index (χ2n) is 4.69. The van der Waals surface area contributed by atoms with Crippen molar-refractivity contribution < 1.29 is 4.74 Å². The van der Waals surface area contributed by atoms with E-state index >= 15 is 0 Å². The van der Waals surface area contributed by atoms with Gasteiger partial charge in [-0.05, 0) is 62.4 Å². The van der Waals surface area contributed by atoms with Crippen LogP contribution in [0.15, 0.2) is 18.2 Å². The highest BCUT2D eigenvalue weighted by Gasteiger charge is 2.38. The fourth-order valence-electron chi connectivity index (χ4n) is 2.06. The monoisotopic (exact) mass is 239 g/mol. The number of halogens is 1. The number of nitrogens with two attached hydrogens (primary N) is 1. The first-order valence-electron chi connectivity index (χ1n) is 5.78. The van der Waals surface area contributed by atoms with Crippen molar-refractivity contribution >= 4 is 11.6 Å². The second kappa shape index (κ2) is 4.64. The number of rotatable bonds is 4. The Bertz CT molecular complexity index is 378. The first kappa shape index (κ1) is 11.7. The van der Waals surface area contributed by atoms with Crippen molar-refractivity contribution in [1.82, 2.24) is 0 Å². The van der Waals surface area contributed by atoms with Crippen LogP contribution in [-0.2, 0) is 0 Å². The molecule has 0 aliphatic heterocycles. The minimum atomic E-state index is 0.190. The molecule has 2 rings (SSSR count). The molecule has 2 atom stereocenters. The predicted octanol–water partition coefficient (Wildman–Crippen LogP) is 3.19. The lowest BCUT2D eigenvalue weighted by Crippen LogP contribution is -2.08. The Morgan fingerprint density at radius 2 is 2.25 bits per heavy atom. The van der Waals surface area contributed by atoms with Crippen molar-refractivity contribution in [3.05, 3.63) is 28.8 Å².